The summed E-state index contributed by atoms with van der Waals surface area (Å²) >= 11 is 0. The molecule has 3 nitrogen and oxygen atoms in total. The second-order valence-electron chi connectivity index (χ2n) is 2.71. The van der Waals surface area contributed by atoms with Gasteiger partial charge in [-0.05, 0) is 18.9 Å². The van der Waals surface area contributed by atoms with Crippen LogP contribution in [0.2, 0.25) is 0 Å². The predicted octanol–water partition coefficient (Wildman–Crippen LogP) is 1.59. The molecule has 1 heterocycles. The van der Waals surface area contributed by atoms with Gasteiger partial charge in [-0.15, -0.1) is 0 Å². The maximum atomic E-state index is 12.3. The monoisotopic (exact) mass is 190 g/mol. The molecule has 1 N–H and O–H groups in total. The topological polar surface area (TPSA) is 38.0 Å². The molecule has 0 saturated carbocycles. The fourth-order valence-corrected chi connectivity index (χ4v) is 1.09. The van der Waals surface area contributed by atoms with Crippen molar-refractivity contribution in [3.8, 4) is 0 Å². The van der Waals surface area contributed by atoms with Crippen molar-refractivity contribution in [1.82, 2.24) is 9.78 Å². The molecule has 0 aromatic carbocycles. The molecule has 74 valence electrons. The van der Waals surface area contributed by atoms with Crippen LogP contribution in [0.15, 0.2) is 12.3 Å². The fraction of sp³-hybridized carbons (Fsp3) is 0.625. The van der Waals surface area contributed by atoms with Crippen LogP contribution in [0.5, 0.6) is 0 Å². The summed E-state index contributed by atoms with van der Waals surface area (Å²) < 4.78 is 25.8. The number of aliphatic hydroxyl groups is 1. The second-order valence-corrected chi connectivity index (χ2v) is 2.71. The third kappa shape index (κ3) is 2.77. The van der Waals surface area contributed by atoms with Gasteiger partial charge in [-0.3, -0.25) is 4.68 Å². The number of unbranched alkanes of at least 4 members (excludes halogenated alkanes) is 1. The van der Waals surface area contributed by atoms with Crippen molar-refractivity contribution in [2.75, 3.05) is 6.61 Å². The van der Waals surface area contributed by atoms with E-state index < -0.39 is 6.43 Å². The zero-order valence-corrected chi connectivity index (χ0v) is 7.16. The molecule has 1 aromatic heterocycles. The van der Waals surface area contributed by atoms with Crippen LogP contribution in [0.25, 0.3) is 0 Å². The Balaban J connectivity index is 2.50. The zero-order valence-electron chi connectivity index (χ0n) is 7.16. The number of aromatic nitrogens is 2. The minimum absolute atomic E-state index is 0.0575. The van der Waals surface area contributed by atoms with Gasteiger partial charge in [-0.25, -0.2) is 8.78 Å². The number of rotatable bonds is 5. The van der Waals surface area contributed by atoms with Crippen LogP contribution >= 0.6 is 0 Å². The summed E-state index contributed by atoms with van der Waals surface area (Å²) in [4.78, 5) is 0. The lowest BCUT2D eigenvalue weighted by molar-refractivity contribution is 0.138. The third-order valence-electron chi connectivity index (χ3n) is 1.75. The van der Waals surface area contributed by atoms with E-state index in [2.05, 4.69) is 5.10 Å². The van der Waals surface area contributed by atoms with Gasteiger partial charge in [-0.2, -0.15) is 5.10 Å². The van der Waals surface area contributed by atoms with E-state index in [1.165, 1.54) is 16.9 Å². The van der Waals surface area contributed by atoms with Gasteiger partial charge < -0.3 is 5.11 Å². The van der Waals surface area contributed by atoms with Gasteiger partial charge in [0.1, 0.15) is 5.69 Å². The largest absolute Gasteiger partial charge is 0.396 e. The minimum Gasteiger partial charge on any atom is -0.396 e. The molecule has 0 radical (unpaired) electrons. The molecule has 1 rings (SSSR count). The van der Waals surface area contributed by atoms with Crippen LogP contribution in [-0.4, -0.2) is 21.5 Å². The van der Waals surface area contributed by atoms with Crippen LogP contribution in [-0.2, 0) is 6.54 Å². The quantitative estimate of drug-likeness (QED) is 0.716. The highest BCUT2D eigenvalue weighted by atomic mass is 19.3. The Morgan fingerprint density at radius 1 is 1.46 bits per heavy atom. The standard InChI is InChI=1S/C8H12F2N2O/c9-8(10)7-3-4-11-12(7)5-1-2-6-13/h3-4,8,13H,1-2,5-6H2. The number of alkyl halides is 2. The van der Waals surface area contributed by atoms with Gasteiger partial charge in [-0.1, -0.05) is 0 Å². The Kier molecular flexibility index (Phi) is 3.82. The molecule has 0 amide bonds. The molecule has 0 aliphatic carbocycles. The van der Waals surface area contributed by atoms with Crippen LogP contribution in [0, 0.1) is 0 Å². The number of aryl methyl sites for hydroxylation is 1. The first kappa shape index (κ1) is 10.1. The van der Waals surface area contributed by atoms with Crippen molar-refractivity contribution < 1.29 is 13.9 Å². The summed E-state index contributed by atoms with van der Waals surface area (Å²) in [5.41, 5.74) is -0.0575. The molecule has 0 unspecified atom stereocenters. The van der Waals surface area contributed by atoms with E-state index in [1.807, 2.05) is 0 Å². The number of hydrogen-bond donors (Lipinski definition) is 1. The average Bonchev–Trinajstić information content (AvgIpc) is 2.53. The summed E-state index contributed by atoms with van der Waals surface area (Å²) in [5, 5.41) is 12.3. The first-order valence-electron chi connectivity index (χ1n) is 4.16. The normalized spacial score (nSPS) is 11.1. The Morgan fingerprint density at radius 3 is 2.85 bits per heavy atom. The maximum absolute atomic E-state index is 12.3. The number of halogens is 2. The van der Waals surface area contributed by atoms with Crippen LogP contribution in [0.4, 0.5) is 8.78 Å². The molecular formula is C8H12F2N2O. The summed E-state index contributed by atoms with van der Waals surface area (Å²) in [7, 11) is 0. The molecule has 5 heteroatoms. The SMILES string of the molecule is OCCCCn1nccc1C(F)F. The Labute approximate surface area is 75.0 Å². The van der Waals surface area contributed by atoms with Gasteiger partial charge in [0.2, 0.25) is 0 Å². The third-order valence-corrected chi connectivity index (χ3v) is 1.75. The van der Waals surface area contributed by atoms with Crippen LogP contribution in [0.1, 0.15) is 25.0 Å². The summed E-state index contributed by atoms with van der Waals surface area (Å²) in [5.74, 6) is 0. The smallest absolute Gasteiger partial charge is 0.280 e. The highest BCUT2D eigenvalue weighted by Gasteiger charge is 2.12. The van der Waals surface area contributed by atoms with Crippen molar-refractivity contribution >= 4 is 0 Å². The molecule has 0 bridgehead atoms. The maximum Gasteiger partial charge on any atom is 0.280 e. The first-order chi connectivity index (χ1) is 6.25. The first-order valence-corrected chi connectivity index (χ1v) is 4.16. The summed E-state index contributed by atoms with van der Waals surface area (Å²) in [6.07, 6.45) is 0.164. The zero-order chi connectivity index (χ0) is 9.68. The Hall–Kier alpha value is -0.970. The highest BCUT2D eigenvalue weighted by molar-refractivity contribution is 5.01. The van der Waals surface area contributed by atoms with E-state index in [9.17, 15) is 8.78 Å². The summed E-state index contributed by atoms with van der Waals surface area (Å²) in [6, 6.07) is 1.31. The number of nitrogens with zero attached hydrogens (tertiary/aromatic N) is 2. The molecule has 0 saturated heterocycles. The molecule has 0 spiro atoms. The van der Waals surface area contributed by atoms with E-state index in [0.717, 1.165) is 0 Å². The van der Waals surface area contributed by atoms with Crippen molar-refractivity contribution in [2.45, 2.75) is 25.8 Å². The molecule has 0 fully saturated rings. The second kappa shape index (κ2) is 4.91. The van der Waals surface area contributed by atoms with E-state index >= 15 is 0 Å². The molecule has 0 aliphatic heterocycles. The van der Waals surface area contributed by atoms with E-state index in [4.69, 9.17) is 5.11 Å². The van der Waals surface area contributed by atoms with Crippen molar-refractivity contribution in [3.05, 3.63) is 18.0 Å². The lowest BCUT2D eigenvalue weighted by atomic mass is 10.3. The van der Waals surface area contributed by atoms with Crippen molar-refractivity contribution in [2.24, 2.45) is 0 Å². The van der Waals surface area contributed by atoms with Crippen LogP contribution in [0.3, 0.4) is 0 Å². The summed E-state index contributed by atoms with van der Waals surface area (Å²) in [6.45, 7) is 0.526. The average molecular weight is 190 g/mol. The van der Waals surface area contributed by atoms with E-state index in [0.29, 0.717) is 19.4 Å². The predicted molar refractivity (Wildman–Crippen MR) is 43.5 cm³/mol. The molecule has 0 atom stereocenters. The number of aliphatic hydroxyl groups excluding tert-OH is 1. The van der Waals surface area contributed by atoms with Crippen LogP contribution < -0.4 is 0 Å². The van der Waals surface area contributed by atoms with E-state index in [-0.39, 0.29) is 12.3 Å². The molecule has 0 aliphatic rings. The van der Waals surface area contributed by atoms with Crippen molar-refractivity contribution in [1.29, 1.82) is 0 Å². The Morgan fingerprint density at radius 2 is 2.23 bits per heavy atom. The van der Waals surface area contributed by atoms with Gasteiger partial charge in [0.25, 0.3) is 6.43 Å². The lowest BCUT2D eigenvalue weighted by Crippen LogP contribution is -2.05. The number of hydrogen-bond acceptors (Lipinski definition) is 2. The van der Waals surface area contributed by atoms with Gasteiger partial charge in [0.15, 0.2) is 0 Å². The van der Waals surface area contributed by atoms with Gasteiger partial charge in [0, 0.05) is 19.3 Å². The highest BCUT2D eigenvalue weighted by Crippen LogP contribution is 2.17. The van der Waals surface area contributed by atoms with Gasteiger partial charge >= 0.3 is 0 Å². The van der Waals surface area contributed by atoms with E-state index in [1.54, 1.807) is 0 Å². The van der Waals surface area contributed by atoms with Gasteiger partial charge in [0.05, 0.1) is 0 Å². The molecule has 1 aromatic rings. The fourth-order valence-electron chi connectivity index (χ4n) is 1.09. The molecular weight excluding hydrogens is 178 g/mol. The minimum atomic E-state index is -2.48. The Bertz CT molecular complexity index is 250. The van der Waals surface area contributed by atoms with Crippen molar-refractivity contribution in [3.63, 3.8) is 0 Å². The molecule has 13 heavy (non-hydrogen) atoms. The lowest BCUT2D eigenvalue weighted by Gasteiger charge is -2.05.